The maximum atomic E-state index is 12.3. The molecular formula is C12H15NO5S2. The zero-order chi connectivity index (χ0) is 14.5. The summed E-state index contributed by atoms with van der Waals surface area (Å²) in [5.74, 6) is -0.747. The second kappa shape index (κ2) is 4.52. The number of carboxylic acid groups (broad SMARTS) is 1. The molecule has 3 rings (SSSR count). The zero-order valence-corrected chi connectivity index (χ0v) is 12.3. The lowest BCUT2D eigenvalue weighted by Crippen LogP contribution is -2.64. The van der Waals surface area contributed by atoms with E-state index in [2.05, 4.69) is 0 Å². The van der Waals surface area contributed by atoms with Crippen LogP contribution in [0.3, 0.4) is 0 Å². The molecule has 0 spiro atoms. The molecule has 1 aromatic rings. The Kier molecular flexibility index (Phi) is 3.16. The van der Waals surface area contributed by atoms with Gasteiger partial charge in [-0.3, -0.25) is 4.79 Å². The van der Waals surface area contributed by atoms with Crippen molar-refractivity contribution in [1.29, 1.82) is 0 Å². The Balaban J connectivity index is 1.72. The molecule has 2 heterocycles. The third-order valence-corrected chi connectivity index (χ3v) is 7.14. The largest absolute Gasteiger partial charge is 0.481 e. The summed E-state index contributed by atoms with van der Waals surface area (Å²) in [7, 11) is -3.60. The third-order valence-electron chi connectivity index (χ3n) is 3.79. The van der Waals surface area contributed by atoms with Gasteiger partial charge in [0, 0.05) is 18.0 Å². The summed E-state index contributed by atoms with van der Waals surface area (Å²) in [5.41, 5.74) is -0.853. The zero-order valence-electron chi connectivity index (χ0n) is 10.7. The van der Waals surface area contributed by atoms with E-state index in [4.69, 9.17) is 5.11 Å². The maximum Gasteiger partial charge on any atom is 0.308 e. The first-order valence-corrected chi connectivity index (χ1v) is 8.60. The Morgan fingerprint density at radius 2 is 2.05 bits per heavy atom. The Hall–Kier alpha value is -0.960. The van der Waals surface area contributed by atoms with Crippen LogP contribution in [0.1, 0.15) is 17.7 Å². The van der Waals surface area contributed by atoms with E-state index in [1.807, 2.05) is 0 Å². The molecule has 0 radical (unpaired) electrons. The average molecular weight is 317 g/mol. The standard InChI is InChI=1S/C12H15NO5S2/c14-10(15)5-9-3-4-11(19-9)20(17,18)13-6-12(16,7-13)8-1-2-8/h3-4,8,16H,1-2,5-7H2,(H,14,15). The van der Waals surface area contributed by atoms with Crippen LogP contribution in [0.4, 0.5) is 0 Å². The SMILES string of the molecule is O=C(O)Cc1ccc(S(=O)(=O)N2CC(O)(C3CC3)C2)s1. The van der Waals surface area contributed by atoms with Gasteiger partial charge in [-0.15, -0.1) is 11.3 Å². The van der Waals surface area contributed by atoms with E-state index in [9.17, 15) is 18.3 Å². The van der Waals surface area contributed by atoms with Gasteiger partial charge in [-0.1, -0.05) is 0 Å². The maximum absolute atomic E-state index is 12.3. The van der Waals surface area contributed by atoms with Gasteiger partial charge in [-0.25, -0.2) is 8.42 Å². The van der Waals surface area contributed by atoms with Crippen LogP contribution in [0.15, 0.2) is 16.3 Å². The highest BCUT2D eigenvalue weighted by Crippen LogP contribution is 2.46. The summed E-state index contributed by atoms with van der Waals surface area (Å²) >= 11 is 0.978. The number of sulfonamides is 1. The third kappa shape index (κ3) is 2.37. The van der Waals surface area contributed by atoms with Crippen molar-refractivity contribution in [3.63, 3.8) is 0 Å². The van der Waals surface area contributed by atoms with Crippen molar-refractivity contribution in [2.24, 2.45) is 5.92 Å². The molecule has 6 nitrogen and oxygen atoms in total. The Morgan fingerprint density at radius 1 is 1.40 bits per heavy atom. The molecule has 0 atom stereocenters. The van der Waals surface area contributed by atoms with Crippen molar-refractivity contribution in [3.8, 4) is 0 Å². The van der Waals surface area contributed by atoms with E-state index in [0.29, 0.717) is 4.88 Å². The Bertz CT molecular complexity index is 641. The molecule has 2 aliphatic rings. The number of aliphatic carboxylic acids is 1. The molecule has 1 aliphatic heterocycles. The minimum atomic E-state index is -3.60. The van der Waals surface area contributed by atoms with Crippen molar-refractivity contribution < 1.29 is 23.4 Å². The predicted molar refractivity (Wildman–Crippen MR) is 72.1 cm³/mol. The number of β-amino-alcohol motifs (C(OH)–C–C–N with tert-alkyl or cyclic N) is 1. The lowest BCUT2D eigenvalue weighted by molar-refractivity contribution is -0.136. The number of aliphatic hydroxyl groups is 1. The van der Waals surface area contributed by atoms with E-state index in [1.165, 1.54) is 16.4 Å². The van der Waals surface area contributed by atoms with E-state index < -0.39 is 21.6 Å². The van der Waals surface area contributed by atoms with Crippen LogP contribution in [0.25, 0.3) is 0 Å². The molecular weight excluding hydrogens is 302 g/mol. The summed E-state index contributed by atoms with van der Waals surface area (Å²) in [6.07, 6.45) is 1.75. The molecule has 2 fully saturated rings. The molecule has 0 amide bonds. The van der Waals surface area contributed by atoms with Crippen LogP contribution in [0, 0.1) is 5.92 Å². The van der Waals surface area contributed by atoms with Gasteiger partial charge in [-0.2, -0.15) is 4.31 Å². The fraction of sp³-hybridized carbons (Fsp3) is 0.583. The fourth-order valence-corrected chi connectivity index (χ4v) is 5.55. The second-order valence-corrected chi connectivity index (χ2v) is 8.78. The van der Waals surface area contributed by atoms with Crippen LogP contribution in [0.5, 0.6) is 0 Å². The van der Waals surface area contributed by atoms with Gasteiger partial charge in [0.05, 0.1) is 12.0 Å². The first kappa shape index (κ1) is 14.0. The van der Waals surface area contributed by atoms with Crippen molar-refractivity contribution in [3.05, 3.63) is 17.0 Å². The topological polar surface area (TPSA) is 94.9 Å². The van der Waals surface area contributed by atoms with Gasteiger partial charge < -0.3 is 10.2 Å². The number of nitrogens with zero attached hydrogens (tertiary/aromatic N) is 1. The molecule has 0 bridgehead atoms. The highest BCUT2D eigenvalue weighted by molar-refractivity contribution is 7.91. The molecule has 1 aliphatic carbocycles. The molecule has 1 aromatic heterocycles. The predicted octanol–water partition coefficient (Wildman–Crippen LogP) is 0.521. The molecule has 2 N–H and O–H groups in total. The van der Waals surface area contributed by atoms with Gasteiger partial charge >= 0.3 is 5.97 Å². The number of carbonyl (C=O) groups is 1. The summed E-state index contributed by atoms with van der Waals surface area (Å²) in [4.78, 5) is 11.1. The van der Waals surface area contributed by atoms with E-state index in [0.717, 1.165) is 24.2 Å². The molecule has 0 aromatic carbocycles. The minimum Gasteiger partial charge on any atom is -0.481 e. The molecule has 1 saturated carbocycles. The first-order valence-electron chi connectivity index (χ1n) is 6.34. The second-order valence-electron chi connectivity index (χ2n) is 5.44. The highest BCUT2D eigenvalue weighted by atomic mass is 32.2. The van der Waals surface area contributed by atoms with Gasteiger partial charge in [-0.05, 0) is 30.9 Å². The number of carboxylic acids is 1. The van der Waals surface area contributed by atoms with E-state index >= 15 is 0 Å². The van der Waals surface area contributed by atoms with Gasteiger partial charge in [0.15, 0.2) is 0 Å². The Labute approximate surface area is 120 Å². The highest BCUT2D eigenvalue weighted by Gasteiger charge is 2.55. The van der Waals surface area contributed by atoms with Crippen molar-refractivity contribution in [1.82, 2.24) is 4.31 Å². The molecule has 20 heavy (non-hydrogen) atoms. The molecule has 1 saturated heterocycles. The number of hydrogen-bond donors (Lipinski definition) is 2. The quantitative estimate of drug-likeness (QED) is 0.825. The van der Waals surface area contributed by atoms with Crippen LogP contribution in [-0.4, -0.2) is 47.6 Å². The monoisotopic (exact) mass is 317 g/mol. The number of hydrogen-bond acceptors (Lipinski definition) is 5. The molecule has 110 valence electrons. The van der Waals surface area contributed by atoms with Crippen LogP contribution >= 0.6 is 11.3 Å². The smallest absolute Gasteiger partial charge is 0.308 e. The first-order chi connectivity index (χ1) is 9.31. The van der Waals surface area contributed by atoms with Crippen molar-refractivity contribution >= 4 is 27.3 Å². The van der Waals surface area contributed by atoms with Gasteiger partial charge in [0.25, 0.3) is 10.0 Å². The fourth-order valence-electron chi connectivity index (χ4n) is 2.48. The van der Waals surface area contributed by atoms with Gasteiger partial charge in [0.1, 0.15) is 4.21 Å². The lowest BCUT2D eigenvalue weighted by Gasteiger charge is -2.45. The summed E-state index contributed by atoms with van der Waals surface area (Å²) in [6, 6.07) is 2.96. The summed E-state index contributed by atoms with van der Waals surface area (Å²) in [6.45, 7) is 0.290. The van der Waals surface area contributed by atoms with E-state index in [-0.39, 0.29) is 29.6 Å². The van der Waals surface area contributed by atoms with E-state index in [1.54, 1.807) is 0 Å². The summed E-state index contributed by atoms with van der Waals surface area (Å²) in [5, 5.41) is 18.9. The lowest BCUT2D eigenvalue weighted by atomic mass is 9.91. The normalized spacial score (nSPS) is 22.4. The van der Waals surface area contributed by atoms with Crippen molar-refractivity contribution in [2.45, 2.75) is 29.1 Å². The van der Waals surface area contributed by atoms with Gasteiger partial charge in [0.2, 0.25) is 0 Å². The van der Waals surface area contributed by atoms with Crippen molar-refractivity contribution in [2.75, 3.05) is 13.1 Å². The van der Waals surface area contributed by atoms with Crippen LogP contribution in [0.2, 0.25) is 0 Å². The summed E-state index contributed by atoms with van der Waals surface area (Å²) < 4.78 is 26.1. The molecule has 0 unspecified atom stereocenters. The number of thiophene rings is 1. The van der Waals surface area contributed by atoms with Crippen LogP contribution in [-0.2, 0) is 21.2 Å². The number of rotatable bonds is 5. The Morgan fingerprint density at radius 3 is 2.60 bits per heavy atom. The minimum absolute atomic E-state index is 0.145. The average Bonchev–Trinajstić information content (AvgIpc) is 3.05. The molecule has 8 heteroatoms. The van der Waals surface area contributed by atoms with Crippen LogP contribution < -0.4 is 0 Å².